The molecule has 0 atom stereocenters. The van der Waals surface area contributed by atoms with Gasteiger partial charge in [-0.25, -0.2) is 17.9 Å². The summed E-state index contributed by atoms with van der Waals surface area (Å²) in [6, 6.07) is 6.97. The van der Waals surface area contributed by atoms with Crippen LogP contribution in [0.1, 0.15) is 0 Å². The molecule has 17 heavy (non-hydrogen) atoms. The molecule has 90 valence electrons. The molecule has 5 nitrogen and oxygen atoms in total. The van der Waals surface area contributed by atoms with Crippen molar-refractivity contribution in [1.82, 2.24) is 4.68 Å². The fourth-order valence-electron chi connectivity index (χ4n) is 1.31. The summed E-state index contributed by atoms with van der Waals surface area (Å²) in [5.41, 5.74) is 2.90. The van der Waals surface area contributed by atoms with Crippen LogP contribution in [0.25, 0.3) is 0 Å². The molecule has 1 aromatic carbocycles. The van der Waals surface area contributed by atoms with E-state index in [1.54, 1.807) is 24.5 Å². The quantitative estimate of drug-likeness (QED) is 0.863. The Bertz CT molecular complexity index is 623. The fourth-order valence-corrected chi connectivity index (χ4v) is 1.84. The Balaban J connectivity index is 2.33. The maximum atomic E-state index is 13.6. The Morgan fingerprint density at radius 2 is 1.88 bits per heavy atom. The lowest BCUT2D eigenvalue weighted by Gasteiger charge is -2.09. The highest BCUT2D eigenvalue weighted by Crippen LogP contribution is 2.18. The third-order valence-electron chi connectivity index (χ3n) is 2.12. The van der Waals surface area contributed by atoms with Crippen molar-refractivity contribution >= 4 is 15.7 Å². The first kappa shape index (κ1) is 11.6. The van der Waals surface area contributed by atoms with E-state index in [0.29, 0.717) is 0 Å². The van der Waals surface area contributed by atoms with E-state index in [0.717, 1.165) is 6.07 Å². The van der Waals surface area contributed by atoms with E-state index in [1.807, 2.05) is 0 Å². The van der Waals surface area contributed by atoms with Crippen molar-refractivity contribution < 1.29 is 12.8 Å². The molecular weight excluding hydrogens is 245 g/mol. The van der Waals surface area contributed by atoms with E-state index in [-0.39, 0.29) is 10.6 Å². The third kappa shape index (κ3) is 2.63. The number of primary sulfonamides is 1. The van der Waals surface area contributed by atoms with Crippen molar-refractivity contribution in [2.45, 2.75) is 4.90 Å². The molecule has 0 saturated carbocycles. The third-order valence-corrected chi connectivity index (χ3v) is 3.03. The Morgan fingerprint density at radius 1 is 1.24 bits per heavy atom. The molecule has 0 spiro atoms. The van der Waals surface area contributed by atoms with Gasteiger partial charge in [0.1, 0.15) is 5.82 Å². The van der Waals surface area contributed by atoms with Crippen LogP contribution in [-0.2, 0) is 10.0 Å². The van der Waals surface area contributed by atoms with E-state index < -0.39 is 15.8 Å². The van der Waals surface area contributed by atoms with Crippen molar-refractivity contribution in [2.75, 3.05) is 5.43 Å². The number of nitrogens with zero attached hydrogens (tertiary/aromatic N) is 1. The lowest BCUT2D eigenvalue weighted by atomic mass is 10.3. The topological polar surface area (TPSA) is 77.1 Å². The number of hydrogen-bond acceptors (Lipinski definition) is 3. The summed E-state index contributed by atoms with van der Waals surface area (Å²) in [6.07, 6.45) is 3.38. The molecule has 0 amide bonds. The van der Waals surface area contributed by atoms with Crippen LogP contribution in [0.15, 0.2) is 47.6 Å². The highest BCUT2D eigenvalue weighted by molar-refractivity contribution is 7.89. The van der Waals surface area contributed by atoms with E-state index >= 15 is 0 Å². The van der Waals surface area contributed by atoms with Gasteiger partial charge in [0, 0.05) is 12.4 Å². The van der Waals surface area contributed by atoms with Gasteiger partial charge in [0.2, 0.25) is 10.0 Å². The SMILES string of the molecule is NS(=O)(=O)c1ccc(Nn2cccc2)c(F)c1. The van der Waals surface area contributed by atoms with Crippen LogP contribution in [-0.4, -0.2) is 13.1 Å². The van der Waals surface area contributed by atoms with Gasteiger partial charge in [-0.2, -0.15) is 0 Å². The zero-order valence-electron chi connectivity index (χ0n) is 8.67. The Kier molecular flexibility index (Phi) is 2.86. The van der Waals surface area contributed by atoms with Crippen molar-refractivity contribution in [3.63, 3.8) is 0 Å². The van der Waals surface area contributed by atoms with Gasteiger partial charge < -0.3 is 0 Å². The number of rotatable bonds is 3. The van der Waals surface area contributed by atoms with Gasteiger partial charge in [0.15, 0.2) is 0 Å². The predicted molar refractivity (Wildman–Crippen MR) is 61.2 cm³/mol. The standard InChI is InChI=1S/C10H10FN3O2S/c11-9-7-8(17(12,15)16)3-4-10(9)13-14-5-1-2-6-14/h1-7,13H,(H2,12,15,16). The maximum Gasteiger partial charge on any atom is 0.238 e. The lowest BCUT2D eigenvalue weighted by molar-refractivity contribution is 0.592. The number of hydrogen-bond donors (Lipinski definition) is 2. The predicted octanol–water partition coefficient (Wildman–Crippen LogP) is 1.15. The van der Waals surface area contributed by atoms with Gasteiger partial charge in [-0.05, 0) is 30.3 Å². The fraction of sp³-hybridized carbons (Fsp3) is 0. The second-order valence-electron chi connectivity index (χ2n) is 3.39. The van der Waals surface area contributed by atoms with Crippen molar-refractivity contribution in [3.05, 3.63) is 48.5 Å². The highest BCUT2D eigenvalue weighted by atomic mass is 32.2. The summed E-state index contributed by atoms with van der Waals surface area (Å²) in [5.74, 6) is -0.690. The summed E-state index contributed by atoms with van der Waals surface area (Å²) in [4.78, 5) is -0.256. The van der Waals surface area contributed by atoms with Gasteiger partial charge in [-0.15, -0.1) is 0 Å². The minimum Gasteiger partial charge on any atom is -0.292 e. The van der Waals surface area contributed by atoms with Crippen LogP contribution >= 0.6 is 0 Å². The van der Waals surface area contributed by atoms with Gasteiger partial charge in [0.05, 0.1) is 10.6 Å². The number of nitrogens with two attached hydrogens (primary N) is 1. The number of nitrogens with one attached hydrogen (secondary N) is 1. The number of halogens is 1. The molecule has 0 bridgehead atoms. The number of aromatic nitrogens is 1. The first-order valence-electron chi connectivity index (χ1n) is 4.69. The summed E-state index contributed by atoms with van der Waals surface area (Å²) in [6.45, 7) is 0. The molecule has 0 saturated heterocycles. The van der Waals surface area contributed by atoms with Crippen molar-refractivity contribution in [1.29, 1.82) is 0 Å². The first-order chi connectivity index (χ1) is 7.97. The second kappa shape index (κ2) is 4.19. The Hall–Kier alpha value is -1.86. The van der Waals surface area contributed by atoms with Crippen molar-refractivity contribution in [3.8, 4) is 0 Å². The molecule has 0 aliphatic rings. The van der Waals surface area contributed by atoms with Crippen LogP contribution in [0.5, 0.6) is 0 Å². The minimum absolute atomic E-state index is 0.161. The molecule has 0 radical (unpaired) electrons. The molecule has 0 unspecified atom stereocenters. The zero-order chi connectivity index (χ0) is 12.5. The smallest absolute Gasteiger partial charge is 0.238 e. The minimum atomic E-state index is -3.88. The van der Waals surface area contributed by atoms with Gasteiger partial charge in [0.25, 0.3) is 0 Å². The van der Waals surface area contributed by atoms with Gasteiger partial charge in [-0.3, -0.25) is 10.1 Å². The molecule has 0 fully saturated rings. The Morgan fingerprint density at radius 3 is 2.41 bits per heavy atom. The molecule has 7 heteroatoms. The van der Waals surface area contributed by atoms with Crippen LogP contribution in [0.3, 0.4) is 0 Å². The van der Waals surface area contributed by atoms with E-state index in [4.69, 9.17) is 5.14 Å². The molecular formula is C10H10FN3O2S. The molecule has 1 aromatic heterocycles. The van der Waals surface area contributed by atoms with E-state index in [1.165, 1.54) is 16.8 Å². The molecule has 0 aliphatic heterocycles. The van der Waals surface area contributed by atoms with Gasteiger partial charge >= 0.3 is 0 Å². The van der Waals surface area contributed by atoms with Crippen LogP contribution in [0.2, 0.25) is 0 Å². The summed E-state index contributed by atoms with van der Waals surface area (Å²) in [5, 5.41) is 4.89. The summed E-state index contributed by atoms with van der Waals surface area (Å²) in [7, 11) is -3.88. The summed E-state index contributed by atoms with van der Waals surface area (Å²) < 4.78 is 37.1. The number of anilines is 1. The average molecular weight is 255 g/mol. The molecule has 1 heterocycles. The Labute approximate surface area is 97.7 Å². The molecule has 2 aromatic rings. The van der Waals surface area contributed by atoms with E-state index in [2.05, 4.69) is 5.43 Å². The zero-order valence-corrected chi connectivity index (χ0v) is 9.49. The summed E-state index contributed by atoms with van der Waals surface area (Å²) >= 11 is 0. The van der Waals surface area contributed by atoms with Crippen LogP contribution < -0.4 is 10.6 Å². The molecule has 2 rings (SSSR count). The first-order valence-corrected chi connectivity index (χ1v) is 6.24. The monoisotopic (exact) mass is 255 g/mol. The number of sulfonamides is 1. The highest BCUT2D eigenvalue weighted by Gasteiger charge is 2.11. The largest absolute Gasteiger partial charge is 0.292 e. The average Bonchev–Trinajstić information content (AvgIpc) is 2.72. The second-order valence-corrected chi connectivity index (χ2v) is 4.95. The van der Waals surface area contributed by atoms with Crippen molar-refractivity contribution in [2.24, 2.45) is 5.14 Å². The maximum absolute atomic E-state index is 13.6. The molecule has 0 aliphatic carbocycles. The van der Waals surface area contributed by atoms with Crippen LogP contribution in [0.4, 0.5) is 10.1 Å². The van der Waals surface area contributed by atoms with E-state index in [9.17, 15) is 12.8 Å². The van der Waals surface area contributed by atoms with Crippen LogP contribution in [0, 0.1) is 5.82 Å². The number of benzene rings is 1. The normalized spacial score (nSPS) is 11.4. The molecule has 3 N–H and O–H groups in total. The lowest BCUT2D eigenvalue weighted by Crippen LogP contribution is -2.13. The van der Waals surface area contributed by atoms with Gasteiger partial charge in [-0.1, -0.05) is 0 Å².